The van der Waals surface area contributed by atoms with E-state index in [0.717, 1.165) is 0 Å². The quantitative estimate of drug-likeness (QED) is 0.817. The van der Waals surface area contributed by atoms with Gasteiger partial charge in [-0.2, -0.15) is 0 Å². The molecule has 140 valence electrons. The number of ether oxygens (including phenoxy) is 4. The summed E-state index contributed by atoms with van der Waals surface area (Å²) < 4.78 is 22.0. The van der Waals surface area contributed by atoms with E-state index in [4.69, 9.17) is 18.9 Å². The molecular weight excluding hydrogens is 352 g/mol. The molecule has 7 heteroatoms. The molecule has 5 atom stereocenters. The topological polar surface area (TPSA) is 91.3 Å². The normalized spacial score (nSPS) is 29.1. The number of carbonyl (C=O) groups excluding carboxylic acids is 2. The van der Waals surface area contributed by atoms with Gasteiger partial charge >= 0.3 is 11.9 Å². The molecule has 2 heterocycles. The Morgan fingerprint density at radius 2 is 1.37 bits per heavy atom. The largest absolute Gasteiger partial charge is 0.452 e. The van der Waals surface area contributed by atoms with Gasteiger partial charge in [-0.05, 0) is 24.3 Å². The van der Waals surface area contributed by atoms with Crippen LogP contribution in [0.3, 0.4) is 0 Å². The monoisotopic (exact) mass is 370 g/mol. The number of aliphatic hydroxyl groups excluding tert-OH is 1. The minimum absolute atomic E-state index is 0.130. The number of aliphatic hydroxyl groups is 1. The third-order valence-corrected chi connectivity index (χ3v) is 4.55. The summed E-state index contributed by atoms with van der Waals surface area (Å²) in [5.74, 6) is -1.24. The fourth-order valence-corrected chi connectivity index (χ4v) is 3.14. The first-order valence-corrected chi connectivity index (χ1v) is 8.60. The molecule has 0 spiro atoms. The maximum absolute atomic E-state index is 12.4. The predicted molar refractivity (Wildman–Crippen MR) is 91.9 cm³/mol. The van der Waals surface area contributed by atoms with Crippen molar-refractivity contribution in [1.82, 2.24) is 0 Å². The molecule has 0 aliphatic carbocycles. The predicted octanol–water partition coefficient (Wildman–Crippen LogP) is 1.55. The summed E-state index contributed by atoms with van der Waals surface area (Å²) >= 11 is 0. The molecule has 0 radical (unpaired) electrons. The van der Waals surface area contributed by atoms with Crippen LogP contribution >= 0.6 is 0 Å². The van der Waals surface area contributed by atoms with Gasteiger partial charge in [-0.15, -0.1) is 0 Å². The van der Waals surface area contributed by atoms with Gasteiger partial charge in [-0.1, -0.05) is 36.4 Å². The van der Waals surface area contributed by atoms with Crippen LogP contribution in [-0.2, 0) is 18.9 Å². The number of hydrogen-bond acceptors (Lipinski definition) is 7. The maximum Gasteiger partial charge on any atom is 0.338 e. The van der Waals surface area contributed by atoms with E-state index in [-0.39, 0.29) is 6.61 Å². The van der Waals surface area contributed by atoms with E-state index in [1.165, 1.54) is 0 Å². The minimum atomic E-state index is -1.18. The second kappa shape index (κ2) is 7.48. The van der Waals surface area contributed by atoms with Crippen LogP contribution in [0.2, 0.25) is 0 Å². The van der Waals surface area contributed by atoms with Crippen molar-refractivity contribution >= 4 is 11.9 Å². The van der Waals surface area contributed by atoms with Crippen LogP contribution in [0.5, 0.6) is 0 Å². The van der Waals surface area contributed by atoms with E-state index >= 15 is 0 Å². The molecule has 2 aliphatic heterocycles. The Morgan fingerprint density at radius 3 is 1.93 bits per heavy atom. The fraction of sp³-hybridized carbons (Fsp3) is 0.300. The molecule has 1 N–H and O–H groups in total. The Morgan fingerprint density at radius 1 is 0.852 bits per heavy atom. The number of fused-ring (bicyclic) bond motifs is 2. The first-order valence-electron chi connectivity index (χ1n) is 8.60. The zero-order chi connectivity index (χ0) is 18.8. The second-order valence-electron chi connectivity index (χ2n) is 6.34. The summed E-state index contributed by atoms with van der Waals surface area (Å²) in [5, 5.41) is 10.5. The van der Waals surface area contributed by atoms with Gasteiger partial charge in [0.15, 0.2) is 18.5 Å². The molecule has 0 amide bonds. The van der Waals surface area contributed by atoms with E-state index in [9.17, 15) is 14.7 Å². The zero-order valence-corrected chi connectivity index (χ0v) is 14.3. The lowest BCUT2D eigenvalue weighted by atomic mass is 10.0. The van der Waals surface area contributed by atoms with Gasteiger partial charge in [0.25, 0.3) is 0 Å². The van der Waals surface area contributed by atoms with Crippen molar-refractivity contribution in [3.8, 4) is 0 Å². The maximum atomic E-state index is 12.4. The van der Waals surface area contributed by atoms with E-state index in [0.29, 0.717) is 11.1 Å². The average molecular weight is 370 g/mol. The minimum Gasteiger partial charge on any atom is -0.452 e. The lowest BCUT2D eigenvalue weighted by Crippen LogP contribution is -2.57. The van der Waals surface area contributed by atoms with E-state index in [2.05, 4.69) is 0 Å². The van der Waals surface area contributed by atoms with Crippen molar-refractivity contribution in [1.29, 1.82) is 0 Å². The van der Waals surface area contributed by atoms with Crippen LogP contribution < -0.4 is 0 Å². The molecule has 27 heavy (non-hydrogen) atoms. The van der Waals surface area contributed by atoms with Gasteiger partial charge in [0.1, 0.15) is 12.2 Å². The number of carbonyl (C=O) groups is 2. The molecule has 2 saturated heterocycles. The fourth-order valence-electron chi connectivity index (χ4n) is 3.14. The van der Waals surface area contributed by atoms with Crippen LogP contribution in [0.25, 0.3) is 0 Å². The molecule has 0 aromatic heterocycles. The van der Waals surface area contributed by atoms with Crippen molar-refractivity contribution in [3.05, 3.63) is 71.8 Å². The van der Waals surface area contributed by atoms with Gasteiger partial charge < -0.3 is 24.1 Å². The molecular formula is C20H18O7. The van der Waals surface area contributed by atoms with Crippen molar-refractivity contribution in [3.63, 3.8) is 0 Å². The third-order valence-electron chi connectivity index (χ3n) is 4.55. The lowest BCUT2D eigenvalue weighted by molar-refractivity contribution is -0.228. The summed E-state index contributed by atoms with van der Waals surface area (Å²) in [4.78, 5) is 24.9. The summed E-state index contributed by atoms with van der Waals surface area (Å²) in [7, 11) is 0. The molecule has 0 saturated carbocycles. The SMILES string of the molecule is O=C(O[C@H]1[C@@H]2OC[C@@H](O2)[C@@H](O)[C@@H]1OC(=O)c1ccccc1)c1ccccc1. The highest BCUT2D eigenvalue weighted by molar-refractivity contribution is 5.90. The van der Waals surface area contributed by atoms with Crippen LogP contribution in [0.4, 0.5) is 0 Å². The second-order valence-corrected chi connectivity index (χ2v) is 6.34. The summed E-state index contributed by atoms with van der Waals surface area (Å²) in [6.45, 7) is 0.130. The highest BCUT2D eigenvalue weighted by atomic mass is 16.8. The van der Waals surface area contributed by atoms with Gasteiger partial charge in [-0.3, -0.25) is 0 Å². The molecule has 2 aromatic carbocycles. The number of esters is 2. The van der Waals surface area contributed by atoms with E-state index in [1.807, 2.05) is 0 Å². The van der Waals surface area contributed by atoms with Gasteiger partial charge in [-0.25, -0.2) is 9.59 Å². The number of benzene rings is 2. The molecule has 2 bridgehead atoms. The first kappa shape index (κ1) is 17.7. The Hall–Kier alpha value is -2.74. The summed E-state index contributed by atoms with van der Waals surface area (Å²) in [5.41, 5.74) is 0.665. The van der Waals surface area contributed by atoms with Crippen LogP contribution in [0.15, 0.2) is 60.7 Å². The van der Waals surface area contributed by atoms with Gasteiger partial charge in [0.05, 0.1) is 17.7 Å². The highest BCUT2D eigenvalue weighted by Gasteiger charge is 2.54. The lowest BCUT2D eigenvalue weighted by Gasteiger charge is -2.37. The molecule has 0 unspecified atom stereocenters. The smallest absolute Gasteiger partial charge is 0.338 e. The molecule has 2 aliphatic rings. The van der Waals surface area contributed by atoms with Crippen molar-refractivity contribution in [2.24, 2.45) is 0 Å². The molecule has 4 rings (SSSR count). The third kappa shape index (κ3) is 3.57. The van der Waals surface area contributed by atoms with E-state index < -0.39 is 42.6 Å². The summed E-state index contributed by atoms with van der Waals surface area (Å²) in [6.07, 6.45) is -4.91. The van der Waals surface area contributed by atoms with E-state index in [1.54, 1.807) is 60.7 Å². The standard InChI is InChI=1S/C20H18O7/c21-15-14-11-24-20(25-14)17(27-19(23)13-9-5-2-6-10-13)16(15)26-18(22)12-7-3-1-4-8-12/h1-10,14-17,20-21H,11H2/t14-,15-,16+,17-,20-/m1/s1. The van der Waals surface area contributed by atoms with Crippen LogP contribution in [0, 0.1) is 0 Å². The van der Waals surface area contributed by atoms with Crippen molar-refractivity contribution in [2.45, 2.75) is 30.7 Å². The zero-order valence-electron chi connectivity index (χ0n) is 14.3. The van der Waals surface area contributed by atoms with Crippen LogP contribution in [-0.4, -0.2) is 54.4 Å². The van der Waals surface area contributed by atoms with Crippen molar-refractivity contribution in [2.75, 3.05) is 6.61 Å². The Bertz CT molecular complexity index is 754. The Balaban J connectivity index is 1.55. The number of hydrogen-bond donors (Lipinski definition) is 1. The summed E-state index contributed by atoms with van der Waals surface area (Å²) in [6, 6.07) is 16.8. The first-order chi connectivity index (χ1) is 13.1. The highest BCUT2D eigenvalue weighted by Crippen LogP contribution is 2.32. The number of rotatable bonds is 4. The van der Waals surface area contributed by atoms with Crippen molar-refractivity contribution < 1.29 is 33.6 Å². The van der Waals surface area contributed by atoms with Crippen LogP contribution in [0.1, 0.15) is 20.7 Å². The Kier molecular flexibility index (Phi) is 4.89. The molecule has 2 aromatic rings. The molecule has 7 nitrogen and oxygen atoms in total. The molecule has 2 fully saturated rings. The van der Waals surface area contributed by atoms with Gasteiger partial charge in [0.2, 0.25) is 0 Å². The average Bonchev–Trinajstić information content (AvgIpc) is 3.16. The Labute approximate surface area is 155 Å². The van der Waals surface area contributed by atoms with Gasteiger partial charge in [0, 0.05) is 0 Å².